The maximum absolute atomic E-state index is 12.6. The Morgan fingerprint density at radius 1 is 1.18 bits per heavy atom. The van der Waals surface area contributed by atoms with Gasteiger partial charge >= 0.3 is 0 Å². The van der Waals surface area contributed by atoms with E-state index in [-0.39, 0.29) is 25.5 Å². The zero-order valence-corrected chi connectivity index (χ0v) is 17.1. The van der Waals surface area contributed by atoms with Gasteiger partial charge < -0.3 is 15.5 Å². The van der Waals surface area contributed by atoms with Crippen LogP contribution in [-0.2, 0) is 30.8 Å². The van der Waals surface area contributed by atoms with E-state index in [9.17, 15) is 22.8 Å². The smallest absolute Gasteiger partial charge is 0.247 e. The van der Waals surface area contributed by atoms with Gasteiger partial charge in [0, 0.05) is 20.1 Å². The van der Waals surface area contributed by atoms with Crippen molar-refractivity contribution in [2.24, 2.45) is 0 Å². The van der Waals surface area contributed by atoms with Crippen molar-refractivity contribution in [3.05, 3.63) is 35.9 Å². The van der Waals surface area contributed by atoms with Gasteiger partial charge in [-0.05, 0) is 18.9 Å². The third-order valence-corrected chi connectivity index (χ3v) is 6.05. The molecular formula is C18H26N4O5S. The molecule has 0 aliphatic carbocycles. The van der Waals surface area contributed by atoms with Crippen LogP contribution in [0.25, 0.3) is 0 Å². The summed E-state index contributed by atoms with van der Waals surface area (Å²) in [6.45, 7) is 1.17. The topological polar surface area (TPSA) is 116 Å². The molecule has 1 saturated heterocycles. The quantitative estimate of drug-likeness (QED) is 0.595. The number of rotatable bonds is 7. The second-order valence-corrected chi connectivity index (χ2v) is 9.01. The molecule has 3 amide bonds. The third kappa shape index (κ3) is 5.29. The molecule has 0 radical (unpaired) electrons. The van der Waals surface area contributed by atoms with E-state index in [4.69, 9.17) is 0 Å². The molecule has 1 heterocycles. The van der Waals surface area contributed by atoms with Crippen molar-refractivity contribution in [3.8, 4) is 0 Å². The van der Waals surface area contributed by atoms with Crippen LogP contribution in [0.1, 0.15) is 12.5 Å². The molecule has 154 valence electrons. The molecule has 2 rings (SSSR count). The lowest BCUT2D eigenvalue weighted by atomic mass is 9.96. The summed E-state index contributed by atoms with van der Waals surface area (Å²) in [6.07, 6.45) is 1.66. The molecule has 1 aliphatic heterocycles. The van der Waals surface area contributed by atoms with Crippen molar-refractivity contribution in [2.75, 3.05) is 39.5 Å². The van der Waals surface area contributed by atoms with Crippen LogP contribution in [0, 0.1) is 0 Å². The van der Waals surface area contributed by atoms with E-state index in [1.165, 1.54) is 18.9 Å². The highest BCUT2D eigenvalue weighted by molar-refractivity contribution is 7.88. The zero-order valence-electron chi connectivity index (χ0n) is 16.3. The number of nitrogens with zero attached hydrogens (tertiary/aromatic N) is 2. The van der Waals surface area contributed by atoms with E-state index in [1.54, 1.807) is 0 Å². The highest BCUT2D eigenvalue weighted by Gasteiger charge is 2.47. The molecule has 0 saturated carbocycles. The maximum atomic E-state index is 12.6. The monoisotopic (exact) mass is 410 g/mol. The molecule has 28 heavy (non-hydrogen) atoms. The average molecular weight is 410 g/mol. The minimum absolute atomic E-state index is 0.171. The number of piperazine rings is 1. The molecule has 10 heteroatoms. The van der Waals surface area contributed by atoms with Crippen LogP contribution in [0.4, 0.5) is 0 Å². The van der Waals surface area contributed by atoms with Crippen molar-refractivity contribution in [1.29, 1.82) is 0 Å². The Morgan fingerprint density at radius 3 is 2.43 bits per heavy atom. The Hall–Kier alpha value is -2.46. The van der Waals surface area contributed by atoms with E-state index < -0.39 is 27.4 Å². The lowest BCUT2D eigenvalue weighted by Gasteiger charge is -2.44. The molecule has 0 aromatic heterocycles. The van der Waals surface area contributed by atoms with Crippen molar-refractivity contribution in [3.63, 3.8) is 0 Å². The number of carbonyl (C=O) groups is 3. The molecule has 1 aromatic rings. The fourth-order valence-electron chi connectivity index (χ4n) is 2.90. The van der Waals surface area contributed by atoms with Gasteiger partial charge in [-0.1, -0.05) is 30.3 Å². The standard InChI is InChI=1S/C18H26N4O5S/c1-18(13-22(28(3,26)27)12-16(24)21(18)2)17(25)20-11-15(23)19-10-9-14-7-5-4-6-8-14/h4-8H,9-13H2,1-3H3,(H,19,23)(H,20,25)/t18-/m1/s1. The van der Waals surface area contributed by atoms with Crippen molar-refractivity contribution in [1.82, 2.24) is 19.8 Å². The van der Waals surface area contributed by atoms with Gasteiger partial charge in [0.2, 0.25) is 27.7 Å². The molecule has 1 aromatic carbocycles. The number of amides is 3. The fraction of sp³-hybridized carbons (Fsp3) is 0.500. The Balaban J connectivity index is 1.89. The summed E-state index contributed by atoms with van der Waals surface area (Å²) in [4.78, 5) is 38.0. The average Bonchev–Trinajstić information content (AvgIpc) is 2.63. The third-order valence-electron chi connectivity index (χ3n) is 4.86. The van der Waals surface area contributed by atoms with Crippen molar-refractivity contribution in [2.45, 2.75) is 18.9 Å². The summed E-state index contributed by atoms with van der Waals surface area (Å²) in [5.41, 5.74) is -0.314. The van der Waals surface area contributed by atoms with Gasteiger partial charge in [0.25, 0.3) is 0 Å². The van der Waals surface area contributed by atoms with E-state index in [1.807, 2.05) is 30.3 Å². The molecule has 0 spiro atoms. The molecule has 1 fully saturated rings. The first-order chi connectivity index (χ1) is 13.0. The Morgan fingerprint density at radius 2 is 1.82 bits per heavy atom. The summed E-state index contributed by atoms with van der Waals surface area (Å²) in [6, 6.07) is 9.66. The number of hydrogen-bond donors (Lipinski definition) is 2. The Labute approximate surface area is 165 Å². The molecule has 1 aliphatic rings. The number of nitrogens with one attached hydrogen (secondary N) is 2. The molecule has 9 nitrogen and oxygen atoms in total. The highest BCUT2D eigenvalue weighted by atomic mass is 32.2. The zero-order chi connectivity index (χ0) is 20.9. The Kier molecular flexibility index (Phi) is 6.78. The van der Waals surface area contributed by atoms with Crippen LogP contribution in [0.15, 0.2) is 30.3 Å². The van der Waals surface area contributed by atoms with Gasteiger partial charge in [-0.2, -0.15) is 4.31 Å². The predicted octanol–water partition coefficient (Wildman–Crippen LogP) is -1.05. The summed E-state index contributed by atoms with van der Waals surface area (Å²) in [5.74, 6) is -1.44. The Bertz CT molecular complexity index is 843. The first-order valence-corrected chi connectivity index (χ1v) is 10.7. The van der Waals surface area contributed by atoms with Gasteiger partial charge in [-0.25, -0.2) is 8.42 Å². The van der Waals surface area contributed by atoms with E-state index in [2.05, 4.69) is 10.6 Å². The lowest BCUT2D eigenvalue weighted by molar-refractivity contribution is -0.150. The van der Waals surface area contributed by atoms with Crippen LogP contribution in [-0.4, -0.2) is 80.4 Å². The van der Waals surface area contributed by atoms with Crippen LogP contribution >= 0.6 is 0 Å². The summed E-state index contributed by atoms with van der Waals surface area (Å²) in [7, 11) is -2.18. The number of benzene rings is 1. The lowest BCUT2D eigenvalue weighted by Crippen LogP contribution is -2.68. The molecule has 0 unspecified atom stereocenters. The maximum Gasteiger partial charge on any atom is 0.247 e. The van der Waals surface area contributed by atoms with Crippen LogP contribution in [0.2, 0.25) is 0 Å². The first kappa shape index (κ1) is 21.8. The molecule has 0 bridgehead atoms. The van der Waals surface area contributed by atoms with Crippen LogP contribution in [0.3, 0.4) is 0 Å². The SMILES string of the molecule is CN1C(=O)CN(S(C)(=O)=O)C[C@]1(C)C(=O)NCC(=O)NCCc1ccccc1. The minimum atomic E-state index is -3.63. The number of likely N-dealkylation sites (N-methyl/N-ethyl adjacent to an activating group) is 1. The second kappa shape index (κ2) is 8.70. The van der Waals surface area contributed by atoms with Crippen LogP contribution < -0.4 is 10.6 Å². The van der Waals surface area contributed by atoms with Crippen molar-refractivity contribution < 1.29 is 22.8 Å². The van der Waals surface area contributed by atoms with E-state index in [0.29, 0.717) is 13.0 Å². The van der Waals surface area contributed by atoms with Crippen molar-refractivity contribution >= 4 is 27.7 Å². The van der Waals surface area contributed by atoms with Crippen LogP contribution in [0.5, 0.6) is 0 Å². The number of hydrogen-bond acceptors (Lipinski definition) is 5. The van der Waals surface area contributed by atoms with Gasteiger partial charge in [0.15, 0.2) is 0 Å². The molecule has 1 atom stereocenters. The van der Waals surface area contributed by atoms with Gasteiger partial charge in [0.1, 0.15) is 5.54 Å². The summed E-state index contributed by atoms with van der Waals surface area (Å²) >= 11 is 0. The highest BCUT2D eigenvalue weighted by Crippen LogP contribution is 2.22. The summed E-state index contributed by atoms with van der Waals surface area (Å²) < 4.78 is 24.6. The molecule has 2 N–H and O–H groups in total. The van der Waals surface area contributed by atoms with Gasteiger partial charge in [-0.3, -0.25) is 14.4 Å². The second-order valence-electron chi connectivity index (χ2n) is 7.03. The molecular weight excluding hydrogens is 384 g/mol. The summed E-state index contributed by atoms with van der Waals surface area (Å²) in [5, 5.41) is 5.21. The van der Waals surface area contributed by atoms with Gasteiger partial charge in [0.05, 0.1) is 19.3 Å². The first-order valence-electron chi connectivity index (χ1n) is 8.85. The van der Waals surface area contributed by atoms with Gasteiger partial charge in [-0.15, -0.1) is 0 Å². The number of sulfonamides is 1. The largest absolute Gasteiger partial charge is 0.354 e. The number of carbonyl (C=O) groups excluding carboxylic acids is 3. The predicted molar refractivity (Wildman–Crippen MR) is 104 cm³/mol. The minimum Gasteiger partial charge on any atom is -0.354 e. The normalized spacial score (nSPS) is 20.7. The van der Waals surface area contributed by atoms with E-state index in [0.717, 1.165) is 16.1 Å². The van der Waals surface area contributed by atoms with E-state index >= 15 is 0 Å². The fourth-order valence-corrected chi connectivity index (χ4v) is 3.73.